The summed E-state index contributed by atoms with van der Waals surface area (Å²) < 4.78 is 26.9. The third-order valence-electron chi connectivity index (χ3n) is 5.18. The van der Waals surface area contributed by atoms with Crippen molar-refractivity contribution < 1.29 is 18.4 Å². The van der Waals surface area contributed by atoms with Gasteiger partial charge in [0.2, 0.25) is 0 Å². The van der Waals surface area contributed by atoms with Crippen LogP contribution in [0.3, 0.4) is 0 Å². The number of hydrogen-bond donors (Lipinski definition) is 2. The summed E-state index contributed by atoms with van der Waals surface area (Å²) in [5.74, 6) is -2.15. The quantitative estimate of drug-likeness (QED) is 0.854. The number of nitrogens with one attached hydrogen (secondary N) is 2. The molecule has 3 aliphatic heterocycles. The van der Waals surface area contributed by atoms with Crippen molar-refractivity contribution in [3.8, 4) is 0 Å². The summed E-state index contributed by atoms with van der Waals surface area (Å²) in [7, 11) is 0. The predicted molar refractivity (Wildman–Crippen MR) is 90.0 cm³/mol. The Hall–Kier alpha value is -2.48. The van der Waals surface area contributed by atoms with E-state index >= 15 is 0 Å². The van der Waals surface area contributed by atoms with Gasteiger partial charge in [-0.15, -0.1) is 0 Å². The van der Waals surface area contributed by atoms with Gasteiger partial charge in [0.1, 0.15) is 0 Å². The molecule has 0 bridgehead atoms. The van der Waals surface area contributed by atoms with Gasteiger partial charge in [-0.25, -0.2) is 13.6 Å². The van der Waals surface area contributed by atoms with E-state index in [-0.39, 0.29) is 5.91 Å². The van der Waals surface area contributed by atoms with Crippen LogP contribution in [-0.2, 0) is 4.79 Å². The van der Waals surface area contributed by atoms with Crippen LogP contribution in [0.1, 0.15) is 24.4 Å². The van der Waals surface area contributed by atoms with Crippen LogP contribution in [0.25, 0.3) is 0 Å². The van der Waals surface area contributed by atoms with Gasteiger partial charge in [0.25, 0.3) is 5.91 Å². The highest BCUT2D eigenvalue weighted by Crippen LogP contribution is 2.33. The van der Waals surface area contributed by atoms with Gasteiger partial charge in [-0.1, -0.05) is 6.07 Å². The molecule has 4 rings (SSSR count). The second-order valence-electron chi connectivity index (χ2n) is 6.87. The summed E-state index contributed by atoms with van der Waals surface area (Å²) in [6.07, 6.45) is 2.36. The van der Waals surface area contributed by atoms with Gasteiger partial charge in [0, 0.05) is 13.1 Å². The van der Waals surface area contributed by atoms with Gasteiger partial charge in [0.15, 0.2) is 11.6 Å². The lowest BCUT2D eigenvalue weighted by Crippen LogP contribution is -2.44. The summed E-state index contributed by atoms with van der Waals surface area (Å²) in [5.41, 5.74) is 1.29. The summed E-state index contributed by atoms with van der Waals surface area (Å²) in [6.45, 7) is 3.79. The van der Waals surface area contributed by atoms with Crippen LogP contribution in [0.4, 0.5) is 13.6 Å². The number of hydrogen-bond acceptors (Lipinski definition) is 3. The third kappa shape index (κ3) is 3.05. The smallest absolute Gasteiger partial charge is 0.319 e. The minimum atomic E-state index is -1.01. The first kappa shape index (κ1) is 17.0. The molecule has 1 atom stereocenters. The van der Waals surface area contributed by atoms with Crippen LogP contribution in [-0.4, -0.2) is 54.5 Å². The molecule has 3 aliphatic rings. The topological polar surface area (TPSA) is 64.7 Å². The number of halogens is 2. The lowest BCUT2D eigenvalue weighted by molar-refractivity contribution is -0.126. The number of carbonyl (C=O) groups is 2. The van der Waals surface area contributed by atoms with Crippen LogP contribution >= 0.6 is 0 Å². The van der Waals surface area contributed by atoms with Gasteiger partial charge in [-0.2, -0.15) is 0 Å². The molecule has 26 heavy (non-hydrogen) atoms. The Morgan fingerprint density at radius 3 is 2.58 bits per heavy atom. The van der Waals surface area contributed by atoms with Crippen molar-refractivity contribution in [3.63, 3.8) is 0 Å². The Morgan fingerprint density at radius 1 is 1.08 bits per heavy atom. The largest absolute Gasteiger partial charge is 0.332 e. The van der Waals surface area contributed by atoms with E-state index in [1.165, 1.54) is 18.9 Å². The van der Waals surface area contributed by atoms with Crippen LogP contribution in [0.5, 0.6) is 0 Å². The highest BCUT2D eigenvalue weighted by Gasteiger charge is 2.40. The SMILES string of the molecule is O=C1NC2=C(C(=O)N(CCN3CCCC3)C2)[C@H](c2ccc(F)c(F)c2)N1. The fourth-order valence-corrected chi connectivity index (χ4v) is 3.82. The van der Waals surface area contributed by atoms with Gasteiger partial charge >= 0.3 is 6.03 Å². The molecule has 1 aromatic rings. The number of benzene rings is 1. The molecule has 3 amide bonds. The Balaban J connectivity index is 1.55. The Morgan fingerprint density at radius 2 is 1.85 bits per heavy atom. The molecular weight excluding hydrogens is 342 g/mol. The van der Waals surface area contributed by atoms with Gasteiger partial charge in [0.05, 0.1) is 23.9 Å². The zero-order chi connectivity index (χ0) is 18.3. The molecule has 1 aromatic carbocycles. The fraction of sp³-hybridized carbons (Fsp3) is 0.444. The lowest BCUT2D eigenvalue weighted by atomic mass is 9.96. The third-order valence-corrected chi connectivity index (χ3v) is 5.18. The zero-order valence-corrected chi connectivity index (χ0v) is 14.2. The van der Waals surface area contributed by atoms with Crippen molar-refractivity contribution in [3.05, 3.63) is 46.7 Å². The van der Waals surface area contributed by atoms with Crippen LogP contribution in [0, 0.1) is 11.6 Å². The van der Waals surface area contributed by atoms with E-state index in [0.717, 1.165) is 31.8 Å². The first-order valence-electron chi connectivity index (χ1n) is 8.80. The van der Waals surface area contributed by atoms with E-state index in [4.69, 9.17) is 0 Å². The first-order chi connectivity index (χ1) is 12.5. The monoisotopic (exact) mass is 362 g/mol. The number of nitrogens with zero attached hydrogens (tertiary/aromatic N) is 2. The van der Waals surface area contributed by atoms with E-state index in [2.05, 4.69) is 15.5 Å². The maximum Gasteiger partial charge on any atom is 0.319 e. The molecule has 0 unspecified atom stereocenters. The average Bonchev–Trinajstić information content (AvgIpc) is 3.23. The summed E-state index contributed by atoms with van der Waals surface area (Å²) >= 11 is 0. The highest BCUT2D eigenvalue weighted by molar-refractivity contribution is 6.01. The molecule has 0 radical (unpaired) electrons. The summed E-state index contributed by atoms with van der Waals surface area (Å²) in [4.78, 5) is 28.8. The molecule has 0 aromatic heterocycles. The second kappa shape index (κ2) is 6.68. The summed E-state index contributed by atoms with van der Waals surface area (Å²) in [5, 5.41) is 5.32. The van der Waals surface area contributed by atoms with E-state index in [1.54, 1.807) is 4.90 Å². The number of likely N-dealkylation sites (tertiary alicyclic amines) is 1. The van der Waals surface area contributed by atoms with Crippen molar-refractivity contribution in [1.82, 2.24) is 20.4 Å². The maximum absolute atomic E-state index is 13.6. The molecule has 2 N–H and O–H groups in total. The van der Waals surface area contributed by atoms with E-state index in [0.29, 0.717) is 29.9 Å². The first-order valence-corrected chi connectivity index (χ1v) is 8.80. The number of rotatable bonds is 4. The molecule has 0 spiro atoms. The molecule has 3 heterocycles. The highest BCUT2D eigenvalue weighted by atomic mass is 19.2. The fourth-order valence-electron chi connectivity index (χ4n) is 3.82. The van der Waals surface area contributed by atoms with Crippen molar-refractivity contribution >= 4 is 11.9 Å². The Bertz CT molecular complexity index is 789. The number of urea groups is 1. The Kier molecular flexibility index (Phi) is 4.36. The van der Waals surface area contributed by atoms with Crippen LogP contribution < -0.4 is 10.6 Å². The molecule has 1 saturated heterocycles. The molecule has 6 nitrogen and oxygen atoms in total. The zero-order valence-electron chi connectivity index (χ0n) is 14.2. The van der Waals surface area contributed by atoms with Gasteiger partial charge < -0.3 is 20.4 Å². The minimum absolute atomic E-state index is 0.179. The predicted octanol–water partition coefficient (Wildman–Crippen LogP) is 1.51. The second-order valence-corrected chi connectivity index (χ2v) is 6.87. The molecule has 1 fully saturated rings. The van der Waals surface area contributed by atoms with Crippen molar-refractivity contribution in [1.29, 1.82) is 0 Å². The van der Waals surface area contributed by atoms with E-state index < -0.39 is 23.7 Å². The number of amides is 3. The molecule has 138 valence electrons. The van der Waals surface area contributed by atoms with E-state index in [9.17, 15) is 18.4 Å². The molecule has 0 aliphatic carbocycles. The van der Waals surface area contributed by atoms with Crippen molar-refractivity contribution in [2.75, 3.05) is 32.7 Å². The van der Waals surface area contributed by atoms with Gasteiger partial charge in [-0.05, 0) is 43.6 Å². The average molecular weight is 362 g/mol. The maximum atomic E-state index is 13.6. The van der Waals surface area contributed by atoms with Crippen LogP contribution in [0.15, 0.2) is 29.5 Å². The standard InChI is InChI=1S/C18H20F2N4O2/c19-12-4-3-11(9-13(12)20)16-15-14(21-18(26)22-16)10-24(17(15)25)8-7-23-5-1-2-6-23/h3-4,9,16H,1-2,5-8,10H2,(H2,21,22,26)/t16-/m0/s1. The molecular formula is C18H20F2N4O2. The molecule has 8 heteroatoms. The minimum Gasteiger partial charge on any atom is -0.332 e. The Labute approximate surface area is 149 Å². The number of carbonyl (C=O) groups excluding carboxylic acids is 2. The van der Waals surface area contributed by atoms with Crippen LogP contribution in [0.2, 0.25) is 0 Å². The lowest BCUT2D eigenvalue weighted by Gasteiger charge is -2.25. The normalized spacial score (nSPS) is 23.3. The summed E-state index contributed by atoms with van der Waals surface area (Å²) in [6, 6.07) is 2.19. The van der Waals surface area contributed by atoms with Crippen molar-refractivity contribution in [2.45, 2.75) is 18.9 Å². The van der Waals surface area contributed by atoms with Gasteiger partial charge in [-0.3, -0.25) is 4.79 Å². The van der Waals surface area contributed by atoms with E-state index in [1.807, 2.05) is 0 Å². The van der Waals surface area contributed by atoms with Crippen molar-refractivity contribution in [2.24, 2.45) is 0 Å². The molecule has 0 saturated carbocycles.